The van der Waals surface area contributed by atoms with Gasteiger partial charge in [0.25, 0.3) is 0 Å². The normalized spacial score (nSPS) is 15.4. The molecule has 0 aliphatic carbocycles. The fraction of sp³-hybridized carbons (Fsp3) is 0.323. The van der Waals surface area contributed by atoms with E-state index in [4.69, 9.17) is 6.57 Å². The SMILES string of the molecule is [C-]#[N+]c1ccc(-n2nccc2-c2c(C)n(-c3cccc(C(F)(F)F)c3)c(=O)n2C(=O)N[C@@H](C)C(=O)N2CC[N+](C)(C)CC2)cc1. The van der Waals surface area contributed by atoms with Crippen LogP contribution in [0.4, 0.5) is 23.7 Å². The second-order valence-electron chi connectivity index (χ2n) is 11.6. The first-order valence-corrected chi connectivity index (χ1v) is 14.2. The van der Waals surface area contributed by atoms with Gasteiger partial charge in [-0.25, -0.2) is 23.7 Å². The predicted molar refractivity (Wildman–Crippen MR) is 160 cm³/mol. The molecule has 1 fully saturated rings. The number of hydrogen-bond donors (Lipinski definition) is 1. The molecule has 11 nitrogen and oxygen atoms in total. The van der Waals surface area contributed by atoms with Crippen molar-refractivity contribution in [2.45, 2.75) is 26.1 Å². The van der Waals surface area contributed by atoms with Crippen LogP contribution in [0.1, 0.15) is 18.2 Å². The molecule has 3 heterocycles. The van der Waals surface area contributed by atoms with Gasteiger partial charge in [-0.2, -0.15) is 18.3 Å². The summed E-state index contributed by atoms with van der Waals surface area (Å²) in [6.45, 7) is 12.8. The topological polar surface area (TPSA) is 98.5 Å². The van der Waals surface area contributed by atoms with Crippen LogP contribution in [0.3, 0.4) is 0 Å². The molecule has 14 heteroatoms. The molecule has 2 aromatic heterocycles. The lowest BCUT2D eigenvalue weighted by Gasteiger charge is -2.39. The van der Waals surface area contributed by atoms with E-state index in [-0.39, 0.29) is 28.7 Å². The van der Waals surface area contributed by atoms with E-state index in [0.29, 0.717) is 24.5 Å². The number of aromatic nitrogens is 4. The van der Waals surface area contributed by atoms with Crippen LogP contribution < -0.4 is 11.0 Å². The summed E-state index contributed by atoms with van der Waals surface area (Å²) in [5.74, 6) is -0.309. The van der Waals surface area contributed by atoms with Gasteiger partial charge in [0.05, 0.1) is 81.4 Å². The zero-order chi connectivity index (χ0) is 32.7. The average Bonchev–Trinajstić information content (AvgIpc) is 3.58. The lowest BCUT2D eigenvalue weighted by Crippen LogP contribution is -2.59. The number of carbonyl (C=O) groups excluding carboxylic acids is 2. The van der Waals surface area contributed by atoms with Gasteiger partial charge in [0, 0.05) is 0 Å². The van der Waals surface area contributed by atoms with Crippen molar-refractivity contribution in [3.63, 3.8) is 0 Å². The highest BCUT2D eigenvalue weighted by molar-refractivity contribution is 5.89. The first-order chi connectivity index (χ1) is 21.2. The van der Waals surface area contributed by atoms with Crippen molar-refractivity contribution >= 4 is 17.6 Å². The molecular weight excluding hydrogens is 589 g/mol. The first-order valence-electron chi connectivity index (χ1n) is 14.2. The molecule has 0 bridgehead atoms. The van der Waals surface area contributed by atoms with Gasteiger partial charge in [-0.3, -0.25) is 9.36 Å². The minimum Gasteiger partial charge on any atom is -0.330 e. The third kappa shape index (κ3) is 6.12. The van der Waals surface area contributed by atoms with Gasteiger partial charge in [-0.15, -0.1) is 0 Å². The van der Waals surface area contributed by atoms with Crippen LogP contribution in [0, 0.1) is 13.5 Å². The standard InChI is InChI=1S/C31H31F3N8O3/c1-20(28(43)38-15-17-42(4,5)18-16-38)37-29(44)40-27(26-13-14-36-41(26)24-11-9-23(35-3)10-12-24)21(2)39(30(40)45)25-8-6-7-22(19-25)31(32,33)34/h6-14,19-20H,15-18H2,1-2,4-5H3/p+1/t20-/m0/s1. The summed E-state index contributed by atoms with van der Waals surface area (Å²) in [6, 6.07) is 10.4. The lowest BCUT2D eigenvalue weighted by atomic mass is 10.2. The van der Waals surface area contributed by atoms with Gasteiger partial charge in [0.1, 0.15) is 11.7 Å². The highest BCUT2D eigenvalue weighted by atomic mass is 19.4. The Morgan fingerprint density at radius 1 is 1.04 bits per heavy atom. The minimum absolute atomic E-state index is 0.0679. The van der Waals surface area contributed by atoms with Crippen LogP contribution in [0.5, 0.6) is 0 Å². The van der Waals surface area contributed by atoms with E-state index in [1.807, 2.05) is 0 Å². The number of carbonyl (C=O) groups is 2. The molecule has 234 valence electrons. The number of amides is 2. The van der Waals surface area contributed by atoms with Crippen molar-refractivity contribution in [1.29, 1.82) is 0 Å². The zero-order valence-corrected chi connectivity index (χ0v) is 25.2. The van der Waals surface area contributed by atoms with E-state index < -0.39 is 29.5 Å². The maximum absolute atomic E-state index is 14.0. The number of rotatable bonds is 5. The fourth-order valence-corrected chi connectivity index (χ4v) is 5.39. The maximum atomic E-state index is 14.0. The molecule has 0 spiro atoms. The second kappa shape index (κ2) is 11.7. The third-order valence-corrected chi connectivity index (χ3v) is 8.00. The van der Waals surface area contributed by atoms with Gasteiger partial charge in [0.2, 0.25) is 5.91 Å². The van der Waals surface area contributed by atoms with Crippen LogP contribution in [0.15, 0.2) is 65.6 Å². The Kier molecular flexibility index (Phi) is 8.15. The highest BCUT2D eigenvalue weighted by Gasteiger charge is 2.34. The van der Waals surface area contributed by atoms with Crippen LogP contribution in [0.2, 0.25) is 0 Å². The number of imidazole rings is 1. The van der Waals surface area contributed by atoms with Crippen molar-refractivity contribution in [1.82, 2.24) is 29.1 Å². The predicted octanol–water partition coefficient (Wildman–Crippen LogP) is 4.23. The van der Waals surface area contributed by atoms with E-state index in [1.54, 1.807) is 35.2 Å². The monoisotopic (exact) mass is 621 g/mol. The van der Waals surface area contributed by atoms with Crippen LogP contribution >= 0.6 is 0 Å². The van der Waals surface area contributed by atoms with E-state index in [1.165, 1.54) is 36.9 Å². The van der Waals surface area contributed by atoms with Gasteiger partial charge in [-0.1, -0.05) is 18.2 Å². The quantitative estimate of drug-likeness (QED) is 0.267. The van der Waals surface area contributed by atoms with Gasteiger partial charge in [-0.05, 0) is 50.2 Å². The molecule has 1 atom stereocenters. The Hall–Kier alpha value is -5.16. The number of nitrogens with zero attached hydrogens (tertiary/aromatic N) is 7. The average molecular weight is 622 g/mol. The Morgan fingerprint density at radius 2 is 1.71 bits per heavy atom. The molecule has 2 amide bonds. The number of nitrogens with one attached hydrogen (secondary N) is 1. The summed E-state index contributed by atoms with van der Waals surface area (Å²) in [7, 11) is 4.14. The number of alkyl halides is 3. The molecule has 45 heavy (non-hydrogen) atoms. The molecule has 1 aliphatic heterocycles. The van der Waals surface area contributed by atoms with Crippen molar-refractivity contribution in [3.8, 4) is 22.8 Å². The van der Waals surface area contributed by atoms with Crippen LogP contribution in [-0.2, 0) is 11.0 Å². The van der Waals surface area contributed by atoms with Crippen molar-refractivity contribution in [2.24, 2.45) is 0 Å². The summed E-state index contributed by atoms with van der Waals surface area (Å²) >= 11 is 0. The number of likely N-dealkylation sites (N-methyl/N-ethyl adjacent to an activating group) is 1. The van der Waals surface area contributed by atoms with Crippen LogP contribution in [0.25, 0.3) is 27.6 Å². The number of piperazine rings is 1. The number of halogens is 3. The van der Waals surface area contributed by atoms with E-state index >= 15 is 0 Å². The Morgan fingerprint density at radius 3 is 2.33 bits per heavy atom. The smallest absolute Gasteiger partial charge is 0.330 e. The summed E-state index contributed by atoms with van der Waals surface area (Å²) in [5, 5.41) is 6.98. The Bertz CT molecular complexity index is 1850. The minimum atomic E-state index is -4.66. The first kappa shape index (κ1) is 31.3. The third-order valence-electron chi connectivity index (χ3n) is 8.00. The molecule has 1 aliphatic rings. The molecule has 2 aromatic carbocycles. The van der Waals surface area contributed by atoms with E-state index in [9.17, 15) is 27.6 Å². The highest BCUT2D eigenvalue weighted by Crippen LogP contribution is 2.32. The summed E-state index contributed by atoms with van der Waals surface area (Å²) < 4.78 is 44.9. The number of hydrogen-bond acceptors (Lipinski definition) is 4. The molecule has 0 saturated carbocycles. The Balaban J connectivity index is 1.60. The Labute approximate surface area is 257 Å². The molecule has 5 rings (SSSR count). The summed E-state index contributed by atoms with van der Waals surface area (Å²) in [4.78, 5) is 46.2. The second-order valence-corrected chi connectivity index (χ2v) is 11.6. The van der Waals surface area contributed by atoms with Gasteiger partial charge in [0.15, 0.2) is 5.69 Å². The van der Waals surface area contributed by atoms with Crippen molar-refractivity contribution < 1.29 is 27.2 Å². The number of benzene rings is 2. The number of quaternary nitrogens is 1. The molecule has 0 radical (unpaired) electrons. The maximum Gasteiger partial charge on any atom is 0.416 e. The lowest BCUT2D eigenvalue weighted by molar-refractivity contribution is -0.894. The van der Waals surface area contributed by atoms with E-state index in [0.717, 1.165) is 38.8 Å². The molecule has 4 aromatic rings. The molecular formula is C31H32F3N8O3+. The zero-order valence-electron chi connectivity index (χ0n) is 25.2. The van der Waals surface area contributed by atoms with Crippen LogP contribution in [-0.4, -0.2) is 86.6 Å². The molecule has 0 unspecified atom stereocenters. The molecule has 1 N–H and O–H groups in total. The largest absolute Gasteiger partial charge is 0.416 e. The van der Waals surface area contributed by atoms with Crippen molar-refractivity contribution in [3.05, 3.63) is 94.0 Å². The van der Waals surface area contributed by atoms with Gasteiger partial charge < -0.3 is 14.7 Å². The fourth-order valence-electron chi connectivity index (χ4n) is 5.39. The summed E-state index contributed by atoms with van der Waals surface area (Å²) in [6.07, 6.45) is -3.21. The summed E-state index contributed by atoms with van der Waals surface area (Å²) in [5.41, 5.74) is -0.540. The van der Waals surface area contributed by atoms with E-state index in [2.05, 4.69) is 29.4 Å². The molecule has 1 saturated heterocycles. The van der Waals surface area contributed by atoms with Crippen molar-refractivity contribution in [2.75, 3.05) is 40.3 Å². The van der Waals surface area contributed by atoms with Gasteiger partial charge >= 0.3 is 17.9 Å².